The first-order chi connectivity index (χ1) is 16.9. The van der Waals surface area contributed by atoms with E-state index in [0.29, 0.717) is 58.8 Å². The number of benzene rings is 1. The van der Waals surface area contributed by atoms with E-state index in [2.05, 4.69) is 15.2 Å². The van der Waals surface area contributed by atoms with Crippen molar-refractivity contribution in [2.24, 2.45) is 0 Å². The van der Waals surface area contributed by atoms with Crippen molar-refractivity contribution in [2.45, 2.75) is 49.0 Å². The van der Waals surface area contributed by atoms with Gasteiger partial charge in [0.25, 0.3) is 0 Å². The molecule has 2 aromatic heterocycles. The van der Waals surface area contributed by atoms with E-state index in [0.717, 1.165) is 38.0 Å². The molecule has 184 valence electrons. The quantitative estimate of drug-likeness (QED) is 0.586. The topological polar surface area (TPSA) is 104 Å². The van der Waals surface area contributed by atoms with Crippen LogP contribution in [0.4, 0.5) is 16.2 Å². The molecular formula is C24H27FN6O3S. The Morgan fingerprint density at radius 3 is 2.77 bits per heavy atom. The maximum atomic E-state index is 13.5. The number of aryl methyl sites for hydroxylation is 1. The molecule has 6 rings (SSSR count). The molecule has 2 saturated heterocycles. The van der Waals surface area contributed by atoms with Crippen LogP contribution in [-0.2, 0) is 22.0 Å². The van der Waals surface area contributed by atoms with Crippen LogP contribution in [0.15, 0.2) is 27.5 Å². The van der Waals surface area contributed by atoms with Crippen molar-refractivity contribution in [2.75, 3.05) is 42.7 Å². The van der Waals surface area contributed by atoms with Gasteiger partial charge in [-0.15, -0.1) is 0 Å². The maximum absolute atomic E-state index is 13.5. The van der Waals surface area contributed by atoms with Gasteiger partial charge in [-0.25, -0.2) is 14.4 Å². The minimum absolute atomic E-state index is 0.0666. The average Bonchev–Trinajstić information content (AvgIpc) is 3.45. The van der Waals surface area contributed by atoms with Crippen LogP contribution in [0.25, 0.3) is 11.1 Å². The van der Waals surface area contributed by atoms with Crippen molar-refractivity contribution in [3.05, 3.63) is 35.6 Å². The lowest BCUT2D eigenvalue weighted by atomic mass is 9.97. The molecule has 2 atom stereocenters. The number of amides is 1. The minimum atomic E-state index is -1.12. The third kappa shape index (κ3) is 4.26. The Morgan fingerprint density at radius 1 is 1.14 bits per heavy atom. The highest BCUT2D eigenvalue weighted by atomic mass is 32.2. The van der Waals surface area contributed by atoms with E-state index in [-0.39, 0.29) is 23.7 Å². The number of fused-ring (bicyclic) bond motifs is 2. The largest absolute Gasteiger partial charge is 0.440 e. The van der Waals surface area contributed by atoms with E-state index in [1.807, 2.05) is 7.05 Å². The second kappa shape index (κ2) is 8.85. The SMILES string of the molecule is CN1C[C@@H](Nc2nc(N3CCC(c4nc5cc(F)ccc5o4)CC3)nc3c2[S@@](=O)CC3)CCC1=O. The number of hydrogen-bond acceptors (Lipinski definition) is 8. The van der Waals surface area contributed by atoms with Crippen molar-refractivity contribution in [3.8, 4) is 0 Å². The van der Waals surface area contributed by atoms with Gasteiger partial charge in [0.2, 0.25) is 11.9 Å². The van der Waals surface area contributed by atoms with Gasteiger partial charge in [-0.3, -0.25) is 9.00 Å². The predicted molar refractivity (Wildman–Crippen MR) is 129 cm³/mol. The van der Waals surface area contributed by atoms with E-state index in [1.165, 1.54) is 12.1 Å². The third-order valence-electron chi connectivity index (χ3n) is 7.14. The molecule has 3 aliphatic rings. The molecule has 0 aliphatic carbocycles. The van der Waals surface area contributed by atoms with Crippen LogP contribution in [0, 0.1) is 5.82 Å². The number of piperidine rings is 2. The number of aromatic nitrogens is 3. The number of oxazole rings is 1. The van der Waals surface area contributed by atoms with Crippen LogP contribution in [0.3, 0.4) is 0 Å². The molecule has 11 heteroatoms. The van der Waals surface area contributed by atoms with E-state index in [1.54, 1.807) is 11.0 Å². The number of rotatable bonds is 4. The lowest BCUT2D eigenvalue weighted by Gasteiger charge is -2.32. The molecule has 0 unspecified atom stereocenters. The minimum Gasteiger partial charge on any atom is -0.440 e. The molecule has 3 aliphatic heterocycles. The average molecular weight is 499 g/mol. The van der Waals surface area contributed by atoms with Gasteiger partial charge in [-0.1, -0.05) is 0 Å². The summed E-state index contributed by atoms with van der Waals surface area (Å²) in [5.41, 5.74) is 1.99. The van der Waals surface area contributed by atoms with Crippen molar-refractivity contribution >= 4 is 39.6 Å². The molecular weight excluding hydrogens is 471 g/mol. The summed E-state index contributed by atoms with van der Waals surface area (Å²) in [5.74, 6) is 2.46. The van der Waals surface area contributed by atoms with E-state index < -0.39 is 10.8 Å². The van der Waals surface area contributed by atoms with Gasteiger partial charge < -0.3 is 19.5 Å². The Bertz CT molecular complexity index is 1320. The molecule has 2 fully saturated rings. The molecule has 5 heterocycles. The summed E-state index contributed by atoms with van der Waals surface area (Å²) in [6, 6.07) is 4.46. The van der Waals surface area contributed by atoms with Gasteiger partial charge in [0.15, 0.2) is 11.5 Å². The molecule has 0 saturated carbocycles. The third-order valence-corrected chi connectivity index (χ3v) is 8.60. The maximum Gasteiger partial charge on any atom is 0.227 e. The zero-order valence-corrected chi connectivity index (χ0v) is 20.3. The summed E-state index contributed by atoms with van der Waals surface area (Å²) in [4.78, 5) is 30.6. The zero-order chi connectivity index (χ0) is 24.1. The first-order valence-corrected chi connectivity index (χ1v) is 13.4. The van der Waals surface area contributed by atoms with Crippen LogP contribution in [0.5, 0.6) is 0 Å². The Balaban J connectivity index is 1.20. The summed E-state index contributed by atoms with van der Waals surface area (Å²) in [6.07, 6.45) is 3.53. The summed E-state index contributed by atoms with van der Waals surface area (Å²) in [7, 11) is 0.690. The fourth-order valence-corrected chi connectivity index (χ4v) is 6.48. The number of halogens is 1. The van der Waals surface area contributed by atoms with Crippen LogP contribution in [0.2, 0.25) is 0 Å². The Kier molecular flexibility index (Phi) is 5.66. The van der Waals surface area contributed by atoms with Crippen molar-refractivity contribution in [1.82, 2.24) is 19.9 Å². The first kappa shape index (κ1) is 22.4. The van der Waals surface area contributed by atoms with E-state index in [9.17, 15) is 13.4 Å². The number of anilines is 2. The van der Waals surface area contributed by atoms with Crippen LogP contribution in [0.1, 0.15) is 43.2 Å². The van der Waals surface area contributed by atoms with Gasteiger partial charge in [0.1, 0.15) is 22.0 Å². The number of carbonyl (C=O) groups is 1. The first-order valence-electron chi connectivity index (χ1n) is 12.1. The molecule has 0 bridgehead atoms. The fraction of sp³-hybridized carbons (Fsp3) is 0.500. The predicted octanol–water partition coefficient (Wildman–Crippen LogP) is 2.84. The molecule has 1 aromatic carbocycles. The van der Waals surface area contributed by atoms with Gasteiger partial charge in [-0.05, 0) is 31.4 Å². The lowest BCUT2D eigenvalue weighted by Crippen LogP contribution is -2.43. The fourth-order valence-electron chi connectivity index (χ4n) is 5.17. The number of nitrogens with zero attached hydrogens (tertiary/aromatic N) is 5. The van der Waals surface area contributed by atoms with E-state index in [4.69, 9.17) is 14.4 Å². The molecule has 35 heavy (non-hydrogen) atoms. The summed E-state index contributed by atoms with van der Waals surface area (Å²) in [6.45, 7) is 2.07. The van der Waals surface area contributed by atoms with Crippen LogP contribution < -0.4 is 10.2 Å². The summed E-state index contributed by atoms with van der Waals surface area (Å²) < 4.78 is 32.1. The van der Waals surface area contributed by atoms with Crippen molar-refractivity contribution < 1.29 is 17.8 Å². The van der Waals surface area contributed by atoms with Gasteiger partial charge in [0, 0.05) is 63.3 Å². The number of likely N-dealkylation sites (tertiary alicyclic amines) is 1. The molecule has 0 spiro atoms. The van der Waals surface area contributed by atoms with Crippen molar-refractivity contribution in [3.63, 3.8) is 0 Å². The Hall–Kier alpha value is -3.08. The van der Waals surface area contributed by atoms with Gasteiger partial charge in [0.05, 0.1) is 16.5 Å². The number of carbonyl (C=O) groups excluding carboxylic acids is 1. The van der Waals surface area contributed by atoms with Crippen LogP contribution in [-0.4, -0.2) is 68.4 Å². The molecule has 9 nitrogen and oxygen atoms in total. The van der Waals surface area contributed by atoms with Gasteiger partial charge >= 0.3 is 0 Å². The summed E-state index contributed by atoms with van der Waals surface area (Å²) >= 11 is 0. The van der Waals surface area contributed by atoms with E-state index >= 15 is 0 Å². The zero-order valence-electron chi connectivity index (χ0n) is 19.5. The standard InChI is InChI=1S/C24H27FN6O3S/c1-30-13-16(3-5-20(30)32)26-22-21-17(8-11-35(21)33)28-24(29-22)31-9-6-14(7-10-31)23-27-18-12-15(25)2-4-19(18)34-23/h2,4,12,14,16H,3,5-11,13H2,1H3,(H,26,28,29)/t16-,35-/m0/s1. The monoisotopic (exact) mass is 498 g/mol. The second-order valence-corrected chi connectivity index (χ2v) is 11.0. The molecule has 0 radical (unpaired) electrons. The molecule has 1 amide bonds. The normalized spacial score (nSPS) is 23.2. The number of likely N-dealkylation sites (N-methyl/N-ethyl adjacent to an activating group) is 1. The second-order valence-electron chi connectivity index (χ2n) is 9.53. The van der Waals surface area contributed by atoms with Crippen molar-refractivity contribution in [1.29, 1.82) is 0 Å². The van der Waals surface area contributed by atoms with Gasteiger partial charge in [-0.2, -0.15) is 4.98 Å². The number of nitrogens with one attached hydrogen (secondary N) is 1. The Labute approximate surface area is 204 Å². The lowest BCUT2D eigenvalue weighted by molar-refractivity contribution is -0.132. The highest BCUT2D eigenvalue weighted by molar-refractivity contribution is 7.85. The van der Waals surface area contributed by atoms with Crippen LogP contribution >= 0.6 is 0 Å². The Morgan fingerprint density at radius 2 is 1.97 bits per heavy atom. The molecule has 1 N–H and O–H groups in total. The summed E-state index contributed by atoms with van der Waals surface area (Å²) in [5, 5.41) is 3.48. The highest BCUT2D eigenvalue weighted by Gasteiger charge is 2.32. The highest BCUT2D eigenvalue weighted by Crippen LogP contribution is 2.34. The number of hydrogen-bond donors (Lipinski definition) is 1. The smallest absolute Gasteiger partial charge is 0.227 e. The molecule has 3 aromatic rings.